The molecule has 0 spiro atoms. The zero-order valence-corrected chi connectivity index (χ0v) is 12.2. The van der Waals surface area contributed by atoms with Crippen LogP contribution in [0.4, 0.5) is 13.2 Å². The van der Waals surface area contributed by atoms with Gasteiger partial charge in [0.25, 0.3) is 0 Å². The van der Waals surface area contributed by atoms with Crippen LogP contribution in [0.25, 0.3) is 0 Å². The van der Waals surface area contributed by atoms with E-state index in [-0.39, 0.29) is 16.2 Å². The van der Waals surface area contributed by atoms with Crippen molar-refractivity contribution in [3.8, 4) is 5.75 Å². The van der Waals surface area contributed by atoms with E-state index in [1.165, 1.54) is 29.3 Å². The van der Waals surface area contributed by atoms with Crippen LogP contribution in [0.15, 0.2) is 41.3 Å². The van der Waals surface area contributed by atoms with Gasteiger partial charge in [0.15, 0.2) is 4.90 Å². The Morgan fingerprint density at radius 3 is 2.52 bits per heavy atom. The molecule has 0 heterocycles. The summed E-state index contributed by atoms with van der Waals surface area (Å²) < 4.78 is 64.9. The van der Waals surface area contributed by atoms with Crippen molar-refractivity contribution >= 4 is 28.7 Å². The van der Waals surface area contributed by atoms with Crippen LogP contribution < -0.4 is 8.86 Å². The molecule has 0 saturated heterocycles. The molecule has 2 unspecified atom stereocenters. The molecule has 0 aliphatic heterocycles. The fourth-order valence-electron chi connectivity index (χ4n) is 1.01. The summed E-state index contributed by atoms with van der Waals surface area (Å²) in [6.07, 6.45) is 0. The van der Waals surface area contributed by atoms with Gasteiger partial charge in [-0.05, 0) is 19.1 Å². The fraction of sp³-hybridized carbons (Fsp3) is 0.182. The first-order chi connectivity index (χ1) is 9.61. The Bertz CT molecular complexity index is 538. The van der Waals surface area contributed by atoms with Gasteiger partial charge < -0.3 is 13.8 Å². The number of carbonyl (C=O) groups is 1. The molecule has 1 rings (SSSR count). The normalized spacial score (nSPS) is 14.4. The Morgan fingerprint density at radius 1 is 1.38 bits per heavy atom. The third-order valence-electron chi connectivity index (χ3n) is 1.94. The van der Waals surface area contributed by atoms with E-state index in [0.29, 0.717) is 0 Å². The standard InChI is InChI=1S/C11H10F3NO4S2/c1-7(2)10(16)19-8-4-3-5-9(6-8)20(17)15-21(18)11(12,13)14/h3-6,15H,1H2,2H3. The molecule has 0 bridgehead atoms. The van der Waals surface area contributed by atoms with Gasteiger partial charge in [0.1, 0.15) is 17.1 Å². The largest absolute Gasteiger partial charge is 0.597 e. The van der Waals surface area contributed by atoms with Crippen molar-refractivity contribution in [1.29, 1.82) is 0 Å². The van der Waals surface area contributed by atoms with Crippen LogP contribution in [0, 0.1) is 0 Å². The summed E-state index contributed by atoms with van der Waals surface area (Å²) in [6, 6.07) is 5.00. The van der Waals surface area contributed by atoms with E-state index in [2.05, 4.69) is 6.58 Å². The third kappa shape index (κ3) is 5.59. The van der Waals surface area contributed by atoms with Gasteiger partial charge in [-0.15, -0.1) is 13.2 Å². The number of alkyl halides is 3. The molecule has 2 atom stereocenters. The Labute approximate surface area is 124 Å². The highest BCUT2D eigenvalue weighted by Gasteiger charge is 2.49. The molecule has 1 aromatic carbocycles. The van der Waals surface area contributed by atoms with Gasteiger partial charge in [0, 0.05) is 11.6 Å². The maximum atomic E-state index is 12.1. The summed E-state index contributed by atoms with van der Waals surface area (Å²) in [5.41, 5.74) is -4.91. The van der Waals surface area contributed by atoms with Crippen LogP contribution in [-0.4, -0.2) is 20.6 Å². The average Bonchev–Trinajstić information content (AvgIpc) is 2.37. The lowest BCUT2D eigenvalue weighted by atomic mass is 10.3. The van der Waals surface area contributed by atoms with Crippen molar-refractivity contribution in [3.63, 3.8) is 0 Å². The maximum absolute atomic E-state index is 12.1. The molecule has 1 N–H and O–H groups in total. The number of benzene rings is 1. The van der Waals surface area contributed by atoms with Crippen molar-refractivity contribution in [2.45, 2.75) is 17.3 Å². The highest BCUT2D eigenvalue weighted by molar-refractivity contribution is 8.05. The molecule has 21 heavy (non-hydrogen) atoms. The van der Waals surface area contributed by atoms with Crippen LogP contribution in [0.5, 0.6) is 5.75 Å². The summed E-state index contributed by atoms with van der Waals surface area (Å²) in [4.78, 5) is 11.2. The van der Waals surface area contributed by atoms with E-state index in [1.54, 1.807) is 0 Å². The van der Waals surface area contributed by atoms with Crippen molar-refractivity contribution in [2.24, 2.45) is 0 Å². The van der Waals surface area contributed by atoms with Crippen LogP contribution in [0.3, 0.4) is 0 Å². The topological polar surface area (TPSA) is 84.5 Å². The van der Waals surface area contributed by atoms with Gasteiger partial charge in [0.2, 0.25) is 11.4 Å². The minimum absolute atomic E-state index is 0.0200. The van der Waals surface area contributed by atoms with E-state index in [0.717, 1.165) is 6.07 Å². The number of esters is 1. The molecule has 0 fully saturated rings. The molecule has 116 valence electrons. The van der Waals surface area contributed by atoms with Crippen LogP contribution >= 0.6 is 0 Å². The number of rotatable bonds is 5. The van der Waals surface area contributed by atoms with Crippen molar-refractivity contribution in [2.75, 3.05) is 0 Å². The van der Waals surface area contributed by atoms with E-state index >= 15 is 0 Å². The monoisotopic (exact) mass is 341 g/mol. The molecule has 1 aromatic rings. The second kappa shape index (κ2) is 7.18. The molecule has 0 aliphatic carbocycles. The Balaban J connectivity index is 2.80. The molecule has 0 aromatic heterocycles. The quantitative estimate of drug-likeness (QED) is 0.383. The number of halogens is 3. The van der Waals surface area contributed by atoms with Crippen LogP contribution in [0.1, 0.15) is 6.92 Å². The minimum atomic E-state index is -5.03. The second-order valence-electron chi connectivity index (χ2n) is 3.71. The smallest absolute Gasteiger partial charge is 0.590 e. The van der Waals surface area contributed by atoms with E-state index < -0.39 is 34.2 Å². The lowest BCUT2D eigenvalue weighted by molar-refractivity contribution is -0.130. The molecule has 10 heteroatoms. The van der Waals surface area contributed by atoms with Gasteiger partial charge in [-0.1, -0.05) is 12.6 Å². The fourth-order valence-corrected chi connectivity index (χ4v) is 2.75. The predicted octanol–water partition coefficient (Wildman–Crippen LogP) is 1.96. The van der Waals surface area contributed by atoms with Gasteiger partial charge in [-0.2, -0.15) is 0 Å². The first kappa shape index (κ1) is 17.9. The first-order valence-electron chi connectivity index (χ1n) is 5.25. The zero-order valence-electron chi connectivity index (χ0n) is 10.6. The number of nitrogens with one attached hydrogen (secondary N) is 1. The number of hydrogen-bond acceptors (Lipinski definition) is 5. The number of carbonyl (C=O) groups excluding carboxylic acids is 1. The maximum Gasteiger partial charge on any atom is 0.597 e. The van der Waals surface area contributed by atoms with E-state index in [1.807, 2.05) is 0 Å². The summed E-state index contributed by atoms with van der Waals surface area (Å²) in [7, 11) is 0. The van der Waals surface area contributed by atoms with Crippen molar-refractivity contribution in [1.82, 2.24) is 4.13 Å². The van der Waals surface area contributed by atoms with E-state index in [4.69, 9.17) is 4.74 Å². The van der Waals surface area contributed by atoms with E-state index in [9.17, 15) is 27.1 Å². The van der Waals surface area contributed by atoms with Crippen LogP contribution in [0.2, 0.25) is 0 Å². The third-order valence-corrected chi connectivity index (χ3v) is 4.25. The lowest BCUT2D eigenvalue weighted by Gasteiger charge is -2.14. The Hall–Kier alpha value is -1.20. The van der Waals surface area contributed by atoms with Gasteiger partial charge in [-0.3, -0.25) is 0 Å². The average molecular weight is 341 g/mol. The van der Waals surface area contributed by atoms with Crippen molar-refractivity contribution < 1.29 is 31.8 Å². The number of hydrogen-bond donors (Lipinski definition) is 1. The second-order valence-corrected chi connectivity index (χ2v) is 6.39. The summed E-state index contributed by atoms with van der Waals surface area (Å²) in [6.45, 7) is 4.78. The first-order valence-corrected chi connectivity index (χ1v) is 7.55. The summed E-state index contributed by atoms with van der Waals surface area (Å²) in [5, 5.41) is 0. The summed E-state index contributed by atoms with van der Waals surface area (Å²) >= 11 is -5.84. The van der Waals surface area contributed by atoms with Crippen molar-refractivity contribution in [3.05, 3.63) is 36.4 Å². The zero-order chi connectivity index (χ0) is 16.2. The molecule has 0 aliphatic rings. The molecule has 0 radical (unpaired) electrons. The Kier molecular flexibility index (Phi) is 6.10. The molecule has 5 nitrogen and oxygen atoms in total. The minimum Gasteiger partial charge on any atom is -0.590 e. The molecule has 0 amide bonds. The lowest BCUT2D eigenvalue weighted by Crippen LogP contribution is -2.40. The molecular weight excluding hydrogens is 331 g/mol. The summed E-state index contributed by atoms with van der Waals surface area (Å²) in [5.74, 6) is -0.752. The SMILES string of the molecule is C=C(C)C(=O)Oc1cccc([S+]([O-])N[S+]([O-])C(F)(F)F)c1. The Morgan fingerprint density at radius 2 is 2.00 bits per heavy atom. The highest BCUT2D eigenvalue weighted by Crippen LogP contribution is 2.24. The predicted molar refractivity (Wildman–Crippen MR) is 70.6 cm³/mol. The van der Waals surface area contributed by atoms with Gasteiger partial charge in [-0.25, -0.2) is 4.79 Å². The van der Waals surface area contributed by atoms with Crippen LogP contribution in [-0.2, 0) is 27.5 Å². The molecular formula is C11H10F3NO4S2. The highest BCUT2D eigenvalue weighted by atomic mass is 32.3. The van der Waals surface area contributed by atoms with Gasteiger partial charge >= 0.3 is 11.5 Å². The number of ether oxygens (including phenoxy) is 1. The van der Waals surface area contributed by atoms with Gasteiger partial charge in [0.05, 0.1) is 4.13 Å². The molecule has 0 saturated carbocycles.